The van der Waals surface area contributed by atoms with Gasteiger partial charge in [0.25, 0.3) is 0 Å². The lowest BCUT2D eigenvalue weighted by atomic mass is 9.90. The topological polar surface area (TPSA) is 160 Å². The van der Waals surface area contributed by atoms with Crippen LogP contribution in [-0.2, 0) is 25.8 Å². The first-order valence-corrected chi connectivity index (χ1v) is 21.0. The minimum Gasteiger partial charge on any atom is -0.390 e. The number of aromatic nitrogens is 2. The zero-order chi connectivity index (χ0) is 41.4. The molecular formula is C39H47F5N8O5S. The van der Waals surface area contributed by atoms with Crippen molar-refractivity contribution in [1.29, 1.82) is 0 Å². The number of likely N-dealkylation sites (tertiary alicyclic amines) is 1. The van der Waals surface area contributed by atoms with Gasteiger partial charge in [0.05, 0.1) is 28.1 Å². The second-order valence-electron chi connectivity index (χ2n) is 16.0. The molecule has 5 heterocycles. The summed E-state index contributed by atoms with van der Waals surface area (Å²) in [5.74, 6) is -2.32. The number of rotatable bonds is 10. The van der Waals surface area contributed by atoms with Gasteiger partial charge in [-0.15, -0.1) is 0 Å². The molecule has 0 saturated carbocycles. The van der Waals surface area contributed by atoms with Crippen LogP contribution < -0.4 is 25.2 Å². The Kier molecular flexibility index (Phi) is 12.0. The van der Waals surface area contributed by atoms with E-state index in [1.54, 1.807) is 6.92 Å². The fourth-order valence-corrected chi connectivity index (χ4v) is 9.47. The number of anilines is 4. The lowest BCUT2D eigenvalue weighted by molar-refractivity contribution is -0.138. The average molecular weight is 835 g/mol. The summed E-state index contributed by atoms with van der Waals surface area (Å²) in [5.41, 5.74) is -0.463. The molecule has 0 radical (unpaired) electrons. The highest BCUT2D eigenvalue weighted by molar-refractivity contribution is 7.89. The minimum atomic E-state index is -4.77. The molecule has 0 bridgehead atoms. The fraction of sp³-hybridized carbons (Fsp3) is 0.538. The Labute approximate surface area is 333 Å². The zero-order valence-electron chi connectivity index (χ0n) is 31.9. The number of carbonyl (C=O) groups is 2. The Bertz CT molecular complexity index is 2090. The summed E-state index contributed by atoms with van der Waals surface area (Å²) in [6.07, 6.45) is -2.44. The van der Waals surface area contributed by atoms with E-state index in [1.165, 1.54) is 4.90 Å². The lowest BCUT2D eigenvalue weighted by Gasteiger charge is -2.39. The molecule has 0 aliphatic carbocycles. The smallest absolute Gasteiger partial charge is 0.390 e. The van der Waals surface area contributed by atoms with Crippen molar-refractivity contribution in [2.75, 3.05) is 60.9 Å². The lowest BCUT2D eigenvalue weighted by Crippen LogP contribution is -2.53. The summed E-state index contributed by atoms with van der Waals surface area (Å²) in [6.45, 7) is 4.62. The number of piperidine rings is 4. The zero-order valence-corrected chi connectivity index (χ0v) is 32.8. The minimum absolute atomic E-state index is 0.0400. The molecule has 1 aromatic heterocycles. The molecule has 4 fully saturated rings. The van der Waals surface area contributed by atoms with Crippen LogP contribution in [0.4, 0.5) is 45.1 Å². The van der Waals surface area contributed by atoms with Gasteiger partial charge in [-0.25, -0.2) is 26.9 Å². The van der Waals surface area contributed by atoms with E-state index in [-0.39, 0.29) is 68.3 Å². The number of halogens is 5. The van der Waals surface area contributed by atoms with Crippen LogP contribution in [0.5, 0.6) is 0 Å². The molecule has 4 aliphatic rings. The summed E-state index contributed by atoms with van der Waals surface area (Å²) in [4.78, 5) is 36.7. The van der Waals surface area contributed by atoms with Crippen LogP contribution in [0.3, 0.4) is 0 Å². The molecule has 58 heavy (non-hydrogen) atoms. The summed E-state index contributed by atoms with van der Waals surface area (Å²) < 4.78 is 101. The first-order valence-electron chi connectivity index (χ1n) is 19.5. The molecule has 19 heteroatoms. The number of nitrogens with one attached hydrogen (secondary N) is 3. The van der Waals surface area contributed by atoms with Crippen LogP contribution in [0.1, 0.15) is 68.9 Å². The molecule has 314 valence electrons. The third-order valence-corrected chi connectivity index (χ3v) is 13.2. The Hall–Kier alpha value is -4.46. The van der Waals surface area contributed by atoms with Gasteiger partial charge in [0.15, 0.2) is 0 Å². The van der Waals surface area contributed by atoms with Crippen LogP contribution in [0.2, 0.25) is 0 Å². The maximum Gasteiger partial charge on any atom is 0.421 e. The number of benzene rings is 2. The predicted molar refractivity (Wildman–Crippen MR) is 205 cm³/mol. The Morgan fingerprint density at radius 1 is 0.966 bits per heavy atom. The molecule has 1 unspecified atom stereocenters. The van der Waals surface area contributed by atoms with Crippen LogP contribution >= 0.6 is 0 Å². The summed E-state index contributed by atoms with van der Waals surface area (Å²) >= 11 is 0. The standard InChI is InChI=1S/C39H47F5N8O5S/c1-38(55)13-18-52(19-14-38)35-29(39(42,43)44)21-45-37(48-35)46-32-8-6-27(20-30(32)40)58(56,57)49-33-12-15-50(23-31(33)41)22-24-10-16-51(17-11-24)26-4-2-25(3-5-26)28-7-9-34(53)47-36(28)54/h2-6,8,20-21,24,28,31,33,49,55H,7,9-19,22-23H2,1H3,(H,45,46,48)(H,47,53,54)/t28?,31-,33+/m0/s1. The second kappa shape index (κ2) is 16.7. The maximum atomic E-state index is 15.5. The summed E-state index contributed by atoms with van der Waals surface area (Å²) in [6, 6.07) is 9.78. The van der Waals surface area contributed by atoms with E-state index in [2.05, 4.69) is 30.2 Å². The molecule has 13 nitrogen and oxygen atoms in total. The average Bonchev–Trinajstić information content (AvgIpc) is 3.17. The fourth-order valence-electron chi connectivity index (χ4n) is 8.16. The van der Waals surface area contributed by atoms with E-state index >= 15 is 8.78 Å². The Balaban J connectivity index is 0.899. The normalized spacial score (nSPS) is 23.8. The van der Waals surface area contributed by atoms with Gasteiger partial charge in [-0.3, -0.25) is 14.9 Å². The van der Waals surface area contributed by atoms with Crippen LogP contribution in [0.15, 0.2) is 53.6 Å². The van der Waals surface area contributed by atoms with E-state index in [1.807, 2.05) is 29.2 Å². The Morgan fingerprint density at radius 2 is 1.67 bits per heavy atom. The molecule has 7 rings (SSSR count). The number of imide groups is 1. The number of amides is 2. The quantitative estimate of drug-likeness (QED) is 0.163. The number of hydrogen-bond acceptors (Lipinski definition) is 11. The van der Waals surface area contributed by atoms with E-state index in [9.17, 15) is 36.3 Å². The molecule has 2 amide bonds. The molecule has 4 aliphatic heterocycles. The third kappa shape index (κ3) is 9.69. The first kappa shape index (κ1) is 41.7. The summed E-state index contributed by atoms with van der Waals surface area (Å²) in [5, 5.41) is 15.2. The van der Waals surface area contributed by atoms with Crippen molar-refractivity contribution in [3.63, 3.8) is 0 Å². The Morgan fingerprint density at radius 3 is 2.31 bits per heavy atom. The number of carbonyl (C=O) groups excluding carboxylic acids is 2. The largest absolute Gasteiger partial charge is 0.421 e. The van der Waals surface area contributed by atoms with Crippen molar-refractivity contribution in [3.8, 4) is 0 Å². The number of hydrogen-bond donors (Lipinski definition) is 4. The van der Waals surface area contributed by atoms with Gasteiger partial charge in [0.2, 0.25) is 27.8 Å². The van der Waals surface area contributed by atoms with Gasteiger partial charge in [-0.05, 0) is 93.8 Å². The van der Waals surface area contributed by atoms with Crippen molar-refractivity contribution in [2.24, 2.45) is 5.92 Å². The van der Waals surface area contributed by atoms with Crippen molar-refractivity contribution >= 4 is 45.0 Å². The van der Waals surface area contributed by atoms with Gasteiger partial charge in [0.1, 0.15) is 23.4 Å². The molecule has 3 atom stereocenters. The van der Waals surface area contributed by atoms with Crippen LogP contribution in [-0.4, -0.2) is 104 Å². The van der Waals surface area contributed by atoms with Gasteiger partial charge in [-0.1, -0.05) is 12.1 Å². The monoisotopic (exact) mass is 834 g/mol. The van der Waals surface area contributed by atoms with E-state index in [0.29, 0.717) is 38.0 Å². The predicted octanol–water partition coefficient (Wildman–Crippen LogP) is 4.86. The van der Waals surface area contributed by atoms with E-state index < -0.39 is 56.1 Å². The number of aliphatic hydroxyl groups is 1. The molecule has 4 N–H and O–H groups in total. The van der Waals surface area contributed by atoms with Gasteiger partial charge >= 0.3 is 6.18 Å². The molecule has 4 saturated heterocycles. The first-order chi connectivity index (χ1) is 27.4. The van der Waals surface area contributed by atoms with Gasteiger partial charge in [0, 0.05) is 57.6 Å². The highest BCUT2D eigenvalue weighted by atomic mass is 32.2. The third-order valence-electron chi connectivity index (χ3n) is 11.7. The number of nitrogens with zero attached hydrogens (tertiary/aromatic N) is 5. The SMILES string of the molecule is CC1(O)CCN(c2nc(Nc3ccc(S(=O)(=O)N[C@@H]4CCN(CC5CCN(c6ccc(C7CCC(=O)NC7=O)cc6)CC5)C[C@@H]4F)cc3F)ncc2C(F)(F)F)CC1. The molecular weight excluding hydrogens is 788 g/mol. The van der Waals surface area contributed by atoms with Crippen molar-refractivity contribution in [3.05, 3.63) is 65.6 Å². The van der Waals surface area contributed by atoms with Gasteiger partial charge < -0.3 is 25.1 Å². The molecule has 3 aromatic rings. The highest BCUT2D eigenvalue weighted by Crippen LogP contribution is 2.38. The van der Waals surface area contributed by atoms with E-state index in [4.69, 9.17) is 0 Å². The van der Waals surface area contributed by atoms with E-state index in [0.717, 1.165) is 55.4 Å². The second-order valence-corrected chi connectivity index (χ2v) is 17.7. The van der Waals surface area contributed by atoms with Crippen molar-refractivity contribution < 1.29 is 45.1 Å². The van der Waals surface area contributed by atoms with Gasteiger partial charge in [-0.2, -0.15) is 18.2 Å². The highest BCUT2D eigenvalue weighted by Gasteiger charge is 2.39. The number of alkyl halides is 4. The summed E-state index contributed by atoms with van der Waals surface area (Å²) in [7, 11) is -4.35. The number of sulfonamides is 1. The molecule has 2 aromatic carbocycles. The maximum absolute atomic E-state index is 15.5. The van der Waals surface area contributed by atoms with Crippen molar-refractivity contribution in [2.45, 2.75) is 86.7 Å². The van der Waals surface area contributed by atoms with Crippen LogP contribution in [0.25, 0.3) is 0 Å². The molecule has 0 spiro atoms. The van der Waals surface area contributed by atoms with Crippen molar-refractivity contribution in [1.82, 2.24) is 24.9 Å². The van der Waals surface area contributed by atoms with Crippen LogP contribution in [0, 0.1) is 11.7 Å².